The minimum absolute atomic E-state index is 0.0195. The summed E-state index contributed by atoms with van der Waals surface area (Å²) in [7, 11) is -3.20. The Kier molecular flexibility index (Phi) is 13.0. The minimum atomic E-state index is -4.67. The Bertz CT molecular complexity index is 1020. The van der Waals surface area contributed by atoms with Gasteiger partial charge in [0.1, 0.15) is 11.8 Å². The Balaban J connectivity index is 2.80. The topological polar surface area (TPSA) is 188 Å². The highest BCUT2D eigenvalue weighted by Crippen LogP contribution is 2.37. The van der Waals surface area contributed by atoms with Crippen molar-refractivity contribution in [2.45, 2.75) is 65.0 Å². The van der Waals surface area contributed by atoms with Gasteiger partial charge >= 0.3 is 7.82 Å². The van der Waals surface area contributed by atoms with Gasteiger partial charge in [-0.1, -0.05) is 31.9 Å². The van der Waals surface area contributed by atoms with E-state index in [0.29, 0.717) is 30.4 Å². The number of hydrogen-bond donors (Lipinski definition) is 5. The van der Waals surface area contributed by atoms with E-state index < -0.39 is 37.5 Å². The smallest absolute Gasteiger partial charge is 0.404 e. The second-order valence-corrected chi connectivity index (χ2v) is 9.97. The number of rotatable bonds is 15. The molecule has 0 saturated heterocycles. The minimum Gasteiger partial charge on any atom is -0.404 e. The zero-order chi connectivity index (χ0) is 28.2. The van der Waals surface area contributed by atoms with Crippen molar-refractivity contribution in [2.24, 2.45) is 5.73 Å². The summed E-state index contributed by atoms with van der Waals surface area (Å²) in [5.41, 5.74) is 6.29. The fourth-order valence-corrected chi connectivity index (χ4v) is 3.78. The molecule has 0 radical (unpaired) electrons. The van der Waals surface area contributed by atoms with Crippen LogP contribution in [-0.2, 0) is 23.7 Å². The molecule has 0 aliphatic carbocycles. The lowest BCUT2D eigenvalue weighted by molar-refractivity contribution is -0.138. The molecule has 12 nitrogen and oxygen atoms in total. The molecule has 0 aliphatic rings. The summed E-state index contributed by atoms with van der Waals surface area (Å²) in [6, 6.07) is 4.70. The zero-order valence-corrected chi connectivity index (χ0v) is 22.5. The van der Waals surface area contributed by atoms with Crippen molar-refractivity contribution < 1.29 is 38.1 Å². The van der Waals surface area contributed by atoms with Crippen LogP contribution in [0.15, 0.2) is 30.3 Å². The van der Waals surface area contributed by atoms with Crippen molar-refractivity contribution in [3.63, 3.8) is 0 Å². The Morgan fingerprint density at radius 2 is 1.76 bits per heavy atom. The number of phosphoric acid groups is 1. The number of unbranched alkanes of at least 4 members (excludes halogenated alkanes) is 1. The summed E-state index contributed by atoms with van der Waals surface area (Å²) in [4.78, 5) is 67.9. The van der Waals surface area contributed by atoms with Crippen LogP contribution in [0.4, 0.5) is 0 Å². The van der Waals surface area contributed by atoms with E-state index in [0.717, 1.165) is 6.42 Å². The monoisotopic (exact) mass is 540 g/mol. The van der Waals surface area contributed by atoms with Gasteiger partial charge in [0.15, 0.2) is 0 Å². The van der Waals surface area contributed by atoms with E-state index >= 15 is 0 Å². The average Bonchev–Trinajstić information content (AvgIpc) is 2.79. The molecule has 0 fully saturated rings. The number of phosphoric ester groups is 1. The maximum atomic E-state index is 13.0. The molecule has 0 unspecified atom stereocenters. The van der Waals surface area contributed by atoms with Gasteiger partial charge < -0.3 is 25.8 Å². The van der Waals surface area contributed by atoms with Gasteiger partial charge in [-0.2, -0.15) is 0 Å². The fraction of sp³-hybridized carbons (Fsp3) is 0.500. The van der Waals surface area contributed by atoms with Gasteiger partial charge in [0.25, 0.3) is 0 Å². The Morgan fingerprint density at radius 1 is 1.14 bits per heavy atom. The molecule has 0 heterocycles. The van der Waals surface area contributed by atoms with Crippen molar-refractivity contribution in [3.05, 3.63) is 35.9 Å². The van der Waals surface area contributed by atoms with Gasteiger partial charge in [-0.05, 0) is 50.0 Å². The van der Waals surface area contributed by atoms with Crippen molar-refractivity contribution >= 4 is 37.0 Å². The molecule has 206 valence electrons. The van der Waals surface area contributed by atoms with Crippen molar-refractivity contribution in [3.8, 4) is 5.75 Å². The van der Waals surface area contributed by atoms with Gasteiger partial charge in [0.2, 0.25) is 23.6 Å². The first-order valence-corrected chi connectivity index (χ1v) is 13.4. The third-order valence-electron chi connectivity index (χ3n) is 5.33. The molecule has 1 rings (SSSR count). The number of likely N-dealkylation sites (N-methyl/N-ethyl adjacent to an activating group) is 1. The SMILES string of the molecule is CCCC[C@H](NC(=O)/C=C(\C)c1ccc(OP(=O)(O)O)cc1)C(=O)N(C)CC(=O)N[C@H](C)CCC(N)=O. The number of amides is 4. The largest absolute Gasteiger partial charge is 0.524 e. The molecule has 6 N–H and O–H groups in total. The number of hydrogen-bond acceptors (Lipinski definition) is 6. The molecule has 0 aliphatic heterocycles. The van der Waals surface area contributed by atoms with Crippen LogP contribution in [0.25, 0.3) is 5.57 Å². The summed E-state index contributed by atoms with van der Waals surface area (Å²) in [5.74, 6) is -1.78. The molecule has 1 aromatic rings. The molecule has 2 atom stereocenters. The summed E-state index contributed by atoms with van der Waals surface area (Å²) in [5, 5.41) is 5.42. The van der Waals surface area contributed by atoms with E-state index in [2.05, 4.69) is 15.2 Å². The van der Waals surface area contributed by atoms with Crippen LogP contribution in [0.5, 0.6) is 5.75 Å². The average molecular weight is 541 g/mol. The second-order valence-electron chi connectivity index (χ2n) is 8.80. The van der Waals surface area contributed by atoms with Crippen molar-refractivity contribution in [1.82, 2.24) is 15.5 Å². The molecule has 4 amide bonds. The number of primary amides is 1. The summed E-state index contributed by atoms with van der Waals surface area (Å²) < 4.78 is 15.4. The molecule has 0 spiro atoms. The van der Waals surface area contributed by atoms with E-state index in [1.165, 1.54) is 30.2 Å². The van der Waals surface area contributed by atoms with Gasteiger partial charge in [-0.15, -0.1) is 0 Å². The standard InChI is InChI=1S/C24H37N4O8P/c1-5-6-7-20(24(32)28(4)15-23(31)26-17(3)8-13-21(25)29)27-22(30)14-16(2)18-9-11-19(12-10-18)36-37(33,34)35/h9-12,14,17,20H,5-8,13,15H2,1-4H3,(H2,25,29)(H,26,31)(H,27,30)(H2,33,34,35)/b16-14+/t17-,20+/m1/s1. The summed E-state index contributed by atoms with van der Waals surface area (Å²) in [6.45, 7) is 5.16. The van der Waals surface area contributed by atoms with Crippen LogP contribution < -0.4 is 20.9 Å². The van der Waals surface area contributed by atoms with Gasteiger partial charge in [0.05, 0.1) is 6.54 Å². The predicted octanol–water partition coefficient (Wildman–Crippen LogP) is 1.47. The third-order valence-corrected chi connectivity index (χ3v) is 5.78. The Labute approximate surface area is 216 Å². The number of allylic oxidation sites excluding steroid dienone is 1. The molecule has 0 saturated carbocycles. The number of nitrogens with two attached hydrogens (primary N) is 1. The molecule has 37 heavy (non-hydrogen) atoms. The van der Waals surface area contributed by atoms with Gasteiger partial charge in [0, 0.05) is 25.6 Å². The molecular formula is C24H37N4O8P. The normalized spacial score (nSPS) is 13.3. The lowest BCUT2D eigenvalue weighted by atomic mass is 10.1. The predicted molar refractivity (Wildman–Crippen MR) is 138 cm³/mol. The summed E-state index contributed by atoms with van der Waals surface area (Å²) >= 11 is 0. The Hall–Kier alpha value is -3.21. The molecule has 1 aromatic carbocycles. The first kappa shape index (κ1) is 31.8. The Morgan fingerprint density at radius 3 is 2.30 bits per heavy atom. The molecule has 13 heteroatoms. The van der Waals surface area contributed by atoms with Gasteiger partial charge in [-0.3, -0.25) is 29.0 Å². The number of nitrogens with zero attached hydrogens (tertiary/aromatic N) is 1. The van der Waals surface area contributed by atoms with E-state index in [9.17, 15) is 23.7 Å². The number of carbonyl (C=O) groups is 4. The van der Waals surface area contributed by atoms with Crippen LogP contribution in [0, 0.1) is 0 Å². The highest BCUT2D eigenvalue weighted by Gasteiger charge is 2.25. The fourth-order valence-electron chi connectivity index (χ4n) is 3.39. The number of benzene rings is 1. The van der Waals surface area contributed by atoms with Crippen molar-refractivity contribution in [1.29, 1.82) is 0 Å². The third kappa shape index (κ3) is 13.1. The van der Waals surface area contributed by atoms with E-state index in [-0.39, 0.29) is 24.8 Å². The summed E-state index contributed by atoms with van der Waals surface area (Å²) in [6.07, 6.45) is 3.73. The van der Waals surface area contributed by atoms with E-state index in [4.69, 9.17) is 15.5 Å². The van der Waals surface area contributed by atoms with Crippen molar-refractivity contribution in [2.75, 3.05) is 13.6 Å². The van der Waals surface area contributed by atoms with Crippen LogP contribution in [0.1, 0.15) is 58.4 Å². The zero-order valence-electron chi connectivity index (χ0n) is 21.6. The second kappa shape index (κ2) is 15.1. The maximum absolute atomic E-state index is 13.0. The van der Waals surface area contributed by atoms with Crippen LogP contribution >= 0.6 is 7.82 Å². The maximum Gasteiger partial charge on any atom is 0.524 e. The van der Waals surface area contributed by atoms with Crippen LogP contribution in [0.2, 0.25) is 0 Å². The highest BCUT2D eigenvalue weighted by atomic mass is 31.2. The first-order valence-electron chi connectivity index (χ1n) is 11.9. The quantitative estimate of drug-likeness (QED) is 0.163. The number of nitrogens with one attached hydrogen (secondary N) is 2. The van der Waals surface area contributed by atoms with Crippen LogP contribution in [-0.4, -0.2) is 64.0 Å². The van der Waals surface area contributed by atoms with E-state index in [1.54, 1.807) is 26.0 Å². The first-order chi connectivity index (χ1) is 17.2. The lowest BCUT2D eigenvalue weighted by Crippen LogP contribution is -2.50. The molecular weight excluding hydrogens is 503 g/mol. The molecule has 0 aromatic heterocycles. The van der Waals surface area contributed by atoms with E-state index in [1.807, 2.05) is 6.92 Å². The lowest BCUT2D eigenvalue weighted by Gasteiger charge is -2.24. The molecule has 0 bridgehead atoms. The van der Waals surface area contributed by atoms with Gasteiger partial charge in [-0.25, -0.2) is 4.57 Å². The number of carbonyl (C=O) groups excluding carboxylic acids is 4. The highest BCUT2D eigenvalue weighted by molar-refractivity contribution is 7.46. The van der Waals surface area contributed by atoms with Crippen LogP contribution in [0.3, 0.4) is 0 Å².